The highest BCUT2D eigenvalue weighted by Gasteiger charge is 2.44. The number of hydrogen-bond acceptors (Lipinski definition) is 6. The van der Waals surface area contributed by atoms with Gasteiger partial charge in [-0.25, -0.2) is 8.78 Å². The average molecular weight is 400 g/mol. The van der Waals surface area contributed by atoms with Gasteiger partial charge in [0.1, 0.15) is 11.6 Å². The normalized spacial score (nSPS) is 21.3. The lowest BCUT2D eigenvalue weighted by molar-refractivity contribution is 0.248. The van der Waals surface area contributed by atoms with Crippen LogP contribution in [0.4, 0.5) is 8.78 Å². The third kappa shape index (κ3) is 3.16. The second-order valence-corrected chi connectivity index (χ2v) is 7.93. The van der Waals surface area contributed by atoms with Gasteiger partial charge in [-0.2, -0.15) is 5.10 Å². The minimum absolute atomic E-state index is 0.0757. The molecule has 1 aliphatic rings. The van der Waals surface area contributed by atoms with Crippen molar-refractivity contribution in [2.45, 2.75) is 44.9 Å². The van der Waals surface area contributed by atoms with Crippen LogP contribution in [0, 0.1) is 17.6 Å². The highest BCUT2D eigenvalue weighted by Crippen LogP contribution is 2.48. The van der Waals surface area contributed by atoms with E-state index in [4.69, 9.17) is 9.15 Å². The molecule has 2 aromatic heterocycles. The van der Waals surface area contributed by atoms with Crippen LogP contribution >= 0.6 is 0 Å². The van der Waals surface area contributed by atoms with E-state index in [0.29, 0.717) is 17.5 Å². The van der Waals surface area contributed by atoms with Crippen LogP contribution in [0.3, 0.4) is 0 Å². The van der Waals surface area contributed by atoms with E-state index in [2.05, 4.69) is 34.2 Å². The zero-order valence-electron chi connectivity index (χ0n) is 16.7. The minimum atomic E-state index is -0.666. The Bertz CT molecular complexity index is 1030. The van der Waals surface area contributed by atoms with Crippen molar-refractivity contribution >= 4 is 0 Å². The lowest BCUT2D eigenvalue weighted by Gasteiger charge is -2.37. The highest BCUT2D eigenvalue weighted by molar-refractivity contribution is 5.62. The molecule has 0 spiro atoms. The first-order valence-electron chi connectivity index (χ1n) is 9.55. The first-order valence-corrected chi connectivity index (χ1v) is 9.55. The molecule has 0 radical (unpaired) electrons. The van der Waals surface area contributed by atoms with Crippen LogP contribution in [-0.4, -0.2) is 27.5 Å². The fourth-order valence-corrected chi connectivity index (χ4v) is 4.12. The SMILES string of the molecule is COc1nnc(C2(C)CCC(C(C)C)c3cc(-c4c(F)cccc4F)nnc32)o1. The van der Waals surface area contributed by atoms with Gasteiger partial charge in [0.05, 0.1) is 29.5 Å². The topological polar surface area (TPSA) is 73.9 Å². The second kappa shape index (κ2) is 7.17. The zero-order chi connectivity index (χ0) is 20.8. The van der Waals surface area contributed by atoms with Crippen molar-refractivity contribution in [2.24, 2.45) is 5.92 Å². The Morgan fingerprint density at radius 2 is 1.86 bits per heavy atom. The number of fused-ring (bicyclic) bond motifs is 1. The summed E-state index contributed by atoms with van der Waals surface area (Å²) in [4.78, 5) is 0. The molecule has 2 unspecified atom stereocenters. The molecule has 0 saturated carbocycles. The Hall–Kier alpha value is -2.90. The first-order chi connectivity index (χ1) is 13.8. The monoisotopic (exact) mass is 400 g/mol. The number of aromatic nitrogens is 4. The van der Waals surface area contributed by atoms with E-state index >= 15 is 0 Å². The number of rotatable bonds is 4. The fourth-order valence-electron chi connectivity index (χ4n) is 4.12. The standard InChI is InChI=1S/C21H22F2N4O2/c1-11(2)12-8-9-21(3,19-26-27-20(28-4)29-19)18-13(12)10-16(24-25-18)17-14(22)6-5-7-15(17)23/h5-7,10-12H,8-9H2,1-4H3. The van der Waals surface area contributed by atoms with Gasteiger partial charge in [0, 0.05) is 0 Å². The van der Waals surface area contributed by atoms with Gasteiger partial charge in [0.15, 0.2) is 0 Å². The minimum Gasteiger partial charge on any atom is -0.452 e. The number of benzene rings is 1. The summed E-state index contributed by atoms with van der Waals surface area (Å²) in [6.07, 6.45) is 1.65. The average Bonchev–Trinajstić information content (AvgIpc) is 3.18. The van der Waals surface area contributed by atoms with E-state index < -0.39 is 17.0 Å². The van der Waals surface area contributed by atoms with Gasteiger partial charge in [-0.05, 0) is 55.4 Å². The molecule has 1 aromatic carbocycles. The van der Waals surface area contributed by atoms with E-state index in [0.717, 1.165) is 18.4 Å². The Labute approximate surface area is 167 Å². The summed E-state index contributed by atoms with van der Waals surface area (Å²) in [5.41, 5.74) is 0.936. The van der Waals surface area contributed by atoms with E-state index in [9.17, 15) is 8.78 Å². The fraction of sp³-hybridized carbons (Fsp3) is 0.429. The van der Waals surface area contributed by atoms with Gasteiger partial charge >= 0.3 is 6.08 Å². The predicted octanol–water partition coefficient (Wildman–Crippen LogP) is 4.65. The summed E-state index contributed by atoms with van der Waals surface area (Å²) in [7, 11) is 1.46. The Morgan fingerprint density at radius 1 is 1.14 bits per heavy atom. The first kappa shape index (κ1) is 19.4. The third-order valence-electron chi connectivity index (χ3n) is 5.78. The van der Waals surface area contributed by atoms with Crippen LogP contribution in [0.2, 0.25) is 0 Å². The molecule has 0 aliphatic heterocycles. The van der Waals surface area contributed by atoms with Crippen LogP contribution in [0.1, 0.15) is 56.7 Å². The van der Waals surface area contributed by atoms with Crippen molar-refractivity contribution in [2.75, 3.05) is 7.11 Å². The van der Waals surface area contributed by atoms with Crippen LogP contribution in [-0.2, 0) is 5.41 Å². The lowest BCUT2D eigenvalue weighted by atomic mass is 9.67. The molecule has 0 N–H and O–H groups in total. The molecule has 0 saturated heterocycles. The molecule has 3 aromatic rings. The molecule has 1 aliphatic carbocycles. The largest absolute Gasteiger partial charge is 0.452 e. The van der Waals surface area contributed by atoms with Gasteiger partial charge in [-0.3, -0.25) is 0 Å². The van der Waals surface area contributed by atoms with Crippen molar-refractivity contribution in [3.05, 3.63) is 53.0 Å². The van der Waals surface area contributed by atoms with E-state index in [1.165, 1.54) is 25.3 Å². The summed E-state index contributed by atoms with van der Waals surface area (Å²) in [6.45, 7) is 6.21. The summed E-state index contributed by atoms with van der Waals surface area (Å²) in [6, 6.07) is 5.51. The highest BCUT2D eigenvalue weighted by atomic mass is 19.1. The van der Waals surface area contributed by atoms with Crippen molar-refractivity contribution in [1.82, 2.24) is 20.4 Å². The number of ether oxygens (including phenoxy) is 1. The molecule has 0 fully saturated rings. The molecular weight excluding hydrogens is 378 g/mol. The molecule has 6 nitrogen and oxygen atoms in total. The summed E-state index contributed by atoms with van der Waals surface area (Å²) >= 11 is 0. The van der Waals surface area contributed by atoms with E-state index in [1.807, 2.05) is 6.92 Å². The maximum Gasteiger partial charge on any atom is 0.414 e. The molecule has 0 bridgehead atoms. The van der Waals surface area contributed by atoms with Gasteiger partial charge in [-0.1, -0.05) is 25.0 Å². The van der Waals surface area contributed by atoms with Crippen molar-refractivity contribution < 1.29 is 17.9 Å². The molecule has 4 rings (SSSR count). The molecule has 2 heterocycles. The van der Waals surface area contributed by atoms with Crippen LogP contribution in [0.25, 0.3) is 11.3 Å². The van der Waals surface area contributed by atoms with E-state index in [1.54, 1.807) is 6.07 Å². The van der Waals surface area contributed by atoms with Gasteiger partial charge in [-0.15, -0.1) is 10.2 Å². The molecule has 0 amide bonds. The van der Waals surface area contributed by atoms with Gasteiger partial charge < -0.3 is 9.15 Å². The lowest BCUT2D eigenvalue weighted by Crippen LogP contribution is -2.34. The number of nitrogens with zero attached hydrogens (tertiary/aromatic N) is 4. The van der Waals surface area contributed by atoms with Gasteiger partial charge in [0.2, 0.25) is 5.89 Å². The number of hydrogen-bond donors (Lipinski definition) is 0. The molecular formula is C21H22F2N4O2. The maximum absolute atomic E-state index is 14.3. The predicted molar refractivity (Wildman–Crippen MR) is 102 cm³/mol. The molecule has 29 heavy (non-hydrogen) atoms. The molecule has 152 valence electrons. The number of halogens is 2. The summed E-state index contributed by atoms with van der Waals surface area (Å²) < 4.78 is 39.3. The smallest absolute Gasteiger partial charge is 0.414 e. The quantitative estimate of drug-likeness (QED) is 0.635. The van der Waals surface area contributed by atoms with Crippen LogP contribution in [0.15, 0.2) is 28.7 Å². The zero-order valence-corrected chi connectivity index (χ0v) is 16.7. The molecule has 8 heteroatoms. The van der Waals surface area contributed by atoms with Crippen molar-refractivity contribution in [1.29, 1.82) is 0 Å². The Kier molecular flexibility index (Phi) is 4.80. The molecule has 2 atom stereocenters. The van der Waals surface area contributed by atoms with Crippen LogP contribution < -0.4 is 4.74 Å². The van der Waals surface area contributed by atoms with Gasteiger partial charge in [0.25, 0.3) is 0 Å². The Morgan fingerprint density at radius 3 is 2.48 bits per heavy atom. The Balaban J connectivity index is 1.89. The summed E-state index contributed by atoms with van der Waals surface area (Å²) in [5, 5.41) is 16.6. The van der Waals surface area contributed by atoms with E-state index in [-0.39, 0.29) is 23.3 Å². The maximum atomic E-state index is 14.3. The van der Waals surface area contributed by atoms with Crippen LogP contribution in [0.5, 0.6) is 6.08 Å². The van der Waals surface area contributed by atoms with Crippen molar-refractivity contribution in [3.63, 3.8) is 0 Å². The number of methoxy groups -OCH3 is 1. The van der Waals surface area contributed by atoms with Crippen molar-refractivity contribution in [3.8, 4) is 17.3 Å². The third-order valence-corrected chi connectivity index (χ3v) is 5.78. The second-order valence-electron chi connectivity index (χ2n) is 7.93. The summed E-state index contributed by atoms with van der Waals surface area (Å²) in [5.74, 6) is -0.456.